The maximum Gasteiger partial charge on any atom is 0.120 e. The van der Waals surface area contributed by atoms with Crippen LogP contribution >= 0.6 is 0 Å². The van der Waals surface area contributed by atoms with Gasteiger partial charge in [-0.15, -0.1) is 54.1 Å². The van der Waals surface area contributed by atoms with Gasteiger partial charge in [0.2, 0.25) is 0 Å². The summed E-state index contributed by atoms with van der Waals surface area (Å²) in [6.45, 7) is 20.7. The van der Waals surface area contributed by atoms with Crippen LogP contribution < -0.4 is 5.19 Å². The summed E-state index contributed by atoms with van der Waals surface area (Å²) in [5, 5.41) is 3.63. The van der Waals surface area contributed by atoms with Crippen molar-refractivity contribution in [2.45, 2.75) is 73.0 Å². The fourth-order valence-electron chi connectivity index (χ4n) is 7.88. The Morgan fingerprint density at radius 3 is 2.08 bits per heavy atom. The Kier molecular flexibility index (Phi) is 12.0. The molecule has 0 saturated heterocycles. The first-order valence-electron chi connectivity index (χ1n) is 20.5. The molecule has 4 heterocycles. The van der Waals surface area contributed by atoms with Gasteiger partial charge in [0.15, 0.2) is 0 Å². The van der Waals surface area contributed by atoms with E-state index in [1.807, 2.05) is 60.9 Å². The van der Waals surface area contributed by atoms with E-state index < -0.39 is 8.07 Å². The zero-order chi connectivity index (χ0) is 41.5. The first-order chi connectivity index (χ1) is 28.2. The minimum Gasteiger partial charge on any atom is -0.501 e. The second-order valence-electron chi connectivity index (χ2n) is 18.7. The third kappa shape index (κ3) is 8.85. The quantitative estimate of drug-likeness (QED) is 0.123. The molecule has 5 nitrogen and oxygen atoms in total. The Bertz CT molecular complexity index is 2900. The van der Waals surface area contributed by atoms with Gasteiger partial charge in [0.1, 0.15) is 5.58 Å². The summed E-state index contributed by atoms with van der Waals surface area (Å²) in [6, 6.07) is 48.4. The van der Waals surface area contributed by atoms with Gasteiger partial charge in [-0.25, -0.2) is 0 Å². The summed E-state index contributed by atoms with van der Waals surface area (Å²) in [5.74, 6) is 0.788. The van der Waals surface area contributed by atoms with Crippen molar-refractivity contribution < 1.29 is 24.5 Å². The summed E-state index contributed by atoms with van der Waals surface area (Å²) in [6.07, 6.45) is 7.02. The zero-order valence-corrected chi connectivity index (χ0v) is 39.4. The van der Waals surface area contributed by atoms with E-state index in [-0.39, 0.29) is 30.9 Å². The fraction of sp³-hybridized carbons (Fsp3) is 0.226. The van der Waals surface area contributed by atoms with Crippen LogP contribution in [-0.2, 0) is 31.9 Å². The van der Waals surface area contributed by atoms with Gasteiger partial charge in [0.25, 0.3) is 0 Å². The standard InChI is InChI=1S/C34H26N3O.C19H26NSi.Ir/c1-34(2,3)28-20-35-21-29-31(28)37(24-18-16-23(17-19-24)22-10-5-4-6-11-22)33(36-29)27-14-9-13-26-25-12-7-8-15-30(25)38-32(26)27;1-19(2,3)13-16-12-17(15-10-8-7-9-11-15)20-14-18(16)21(4,5)6;/h4-13,15-21H,1-3H3;7-10,12,14H,13H2,1-6H3;/q2*-1;. The SMILES string of the molecule is CC(C)(C)Cc1cc(-c2[c-]cccc2)ncc1[Si](C)(C)C.CC(C)(C)c1cncc2nc(-c3[c-]ccc4c3oc3ccccc34)n(-c3ccc(-c4ccccc4)cc3)c12.[Ir]. The number of benzene rings is 5. The van der Waals surface area contributed by atoms with Crippen molar-refractivity contribution in [3.8, 4) is 39.5 Å². The molecule has 1 radical (unpaired) electrons. The van der Waals surface area contributed by atoms with Crippen molar-refractivity contribution in [3.05, 3.63) is 163 Å². The van der Waals surface area contributed by atoms with Gasteiger partial charge >= 0.3 is 0 Å². The zero-order valence-electron chi connectivity index (χ0n) is 36.0. The molecule has 0 unspecified atom stereocenters. The van der Waals surface area contributed by atoms with Crippen LogP contribution in [0.4, 0.5) is 0 Å². The van der Waals surface area contributed by atoms with Gasteiger partial charge in [-0.3, -0.25) is 9.97 Å². The molecule has 7 heteroatoms. The van der Waals surface area contributed by atoms with E-state index >= 15 is 0 Å². The van der Waals surface area contributed by atoms with Gasteiger partial charge < -0.3 is 14.0 Å². The number of furan rings is 1. The number of pyridine rings is 2. The minimum atomic E-state index is -1.37. The molecule has 0 fully saturated rings. The van der Waals surface area contributed by atoms with Crippen LogP contribution in [0.1, 0.15) is 52.7 Å². The number of nitrogens with zero attached hydrogens (tertiary/aromatic N) is 4. The van der Waals surface area contributed by atoms with Gasteiger partial charge in [0, 0.05) is 49.1 Å². The molecule has 9 rings (SSSR count). The smallest absolute Gasteiger partial charge is 0.120 e. The molecule has 4 aromatic heterocycles. The number of para-hydroxylation sites is 1. The third-order valence-corrected chi connectivity index (χ3v) is 12.7. The first kappa shape index (κ1) is 42.7. The number of hydrogen-bond donors (Lipinski definition) is 0. The van der Waals surface area contributed by atoms with E-state index in [9.17, 15) is 0 Å². The molecule has 0 saturated carbocycles. The van der Waals surface area contributed by atoms with Gasteiger partial charge in [0.05, 0.1) is 36.7 Å². The van der Waals surface area contributed by atoms with Crippen LogP contribution in [0.5, 0.6) is 0 Å². The molecule has 0 aliphatic rings. The molecule has 0 aliphatic heterocycles. The number of hydrogen-bond acceptors (Lipinski definition) is 4. The molecular weight excluding hydrogens is 929 g/mol. The van der Waals surface area contributed by atoms with Crippen LogP contribution in [-0.4, -0.2) is 27.6 Å². The number of aromatic nitrogens is 4. The van der Waals surface area contributed by atoms with Crippen molar-refractivity contribution in [1.29, 1.82) is 0 Å². The van der Waals surface area contributed by atoms with Crippen molar-refractivity contribution in [2.75, 3.05) is 0 Å². The molecule has 0 aliphatic carbocycles. The molecule has 5 aromatic carbocycles. The average Bonchev–Trinajstić information content (AvgIpc) is 3.79. The number of imidazole rings is 1. The van der Waals surface area contributed by atoms with E-state index in [4.69, 9.17) is 14.4 Å². The second kappa shape index (κ2) is 16.9. The van der Waals surface area contributed by atoms with Crippen LogP contribution in [0, 0.1) is 17.5 Å². The minimum absolute atomic E-state index is 0. The fourth-order valence-corrected chi connectivity index (χ4v) is 9.45. The van der Waals surface area contributed by atoms with Gasteiger partial charge in [-0.1, -0.05) is 144 Å². The second-order valence-corrected chi connectivity index (χ2v) is 23.7. The van der Waals surface area contributed by atoms with E-state index in [2.05, 4.69) is 162 Å². The third-order valence-electron chi connectivity index (χ3n) is 10.7. The van der Waals surface area contributed by atoms with Crippen LogP contribution in [0.25, 0.3) is 72.4 Å². The average molecular weight is 981 g/mol. The molecule has 0 spiro atoms. The summed E-state index contributed by atoms with van der Waals surface area (Å²) in [5.41, 5.74) is 12.6. The maximum absolute atomic E-state index is 6.40. The molecule has 0 atom stereocenters. The molecular formula is C53H52IrN4OSi-2. The Morgan fingerprint density at radius 1 is 0.700 bits per heavy atom. The summed E-state index contributed by atoms with van der Waals surface area (Å²) < 4.78 is 8.64. The largest absolute Gasteiger partial charge is 0.501 e. The predicted octanol–water partition coefficient (Wildman–Crippen LogP) is 13.4. The molecule has 60 heavy (non-hydrogen) atoms. The number of fused-ring (bicyclic) bond motifs is 4. The summed E-state index contributed by atoms with van der Waals surface area (Å²) >= 11 is 0. The van der Waals surface area contributed by atoms with E-state index in [1.165, 1.54) is 21.9 Å². The Balaban J connectivity index is 0.000000212. The van der Waals surface area contributed by atoms with Crippen molar-refractivity contribution in [3.63, 3.8) is 0 Å². The van der Waals surface area contributed by atoms with Gasteiger partial charge in [-0.05, 0) is 57.5 Å². The van der Waals surface area contributed by atoms with E-state index in [0.717, 1.165) is 73.3 Å². The molecule has 305 valence electrons. The molecule has 0 amide bonds. The maximum atomic E-state index is 6.40. The van der Waals surface area contributed by atoms with Crippen molar-refractivity contribution in [2.24, 2.45) is 5.41 Å². The Morgan fingerprint density at radius 2 is 1.40 bits per heavy atom. The van der Waals surface area contributed by atoms with Crippen molar-refractivity contribution >= 4 is 46.2 Å². The van der Waals surface area contributed by atoms with E-state index in [0.29, 0.717) is 0 Å². The first-order valence-corrected chi connectivity index (χ1v) is 24.0. The van der Waals surface area contributed by atoms with Crippen LogP contribution in [0.15, 0.2) is 144 Å². The summed E-state index contributed by atoms with van der Waals surface area (Å²) in [4.78, 5) is 14.4. The summed E-state index contributed by atoms with van der Waals surface area (Å²) in [7, 11) is -1.37. The Labute approximate surface area is 369 Å². The topological polar surface area (TPSA) is 56.7 Å². The number of rotatable bonds is 6. The van der Waals surface area contributed by atoms with E-state index in [1.54, 1.807) is 0 Å². The molecule has 0 N–H and O–H groups in total. The predicted molar refractivity (Wildman–Crippen MR) is 249 cm³/mol. The van der Waals surface area contributed by atoms with Gasteiger partial charge in [-0.2, -0.15) is 0 Å². The molecule has 0 bridgehead atoms. The normalized spacial score (nSPS) is 12.0. The van der Waals surface area contributed by atoms with Crippen LogP contribution in [0.3, 0.4) is 0 Å². The van der Waals surface area contributed by atoms with Crippen LogP contribution in [0.2, 0.25) is 19.6 Å². The Hall–Kier alpha value is -5.46. The molecule has 9 aromatic rings. The monoisotopic (exact) mass is 981 g/mol. The van der Waals surface area contributed by atoms with Crippen molar-refractivity contribution in [1.82, 2.24) is 19.5 Å².